The number of benzene rings is 1. The molecule has 4 nitrogen and oxygen atoms in total. The summed E-state index contributed by atoms with van der Waals surface area (Å²) in [4.78, 5) is 16.3. The molecule has 0 bridgehead atoms. The van der Waals surface area contributed by atoms with Crippen LogP contribution in [0.15, 0.2) is 48.8 Å². The van der Waals surface area contributed by atoms with Crippen molar-refractivity contribution in [1.82, 2.24) is 14.7 Å². The molecule has 23 heavy (non-hydrogen) atoms. The van der Waals surface area contributed by atoms with Crippen molar-refractivity contribution in [3.05, 3.63) is 70.9 Å². The Morgan fingerprint density at radius 1 is 1.26 bits per heavy atom. The van der Waals surface area contributed by atoms with E-state index >= 15 is 0 Å². The molecule has 0 aliphatic rings. The molecule has 3 rings (SSSR count). The molecule has 2 aromatic heterocycles. The summed E-state index contributed by atoms with van der Waals surface area (Å²) < 4.78 is 14.9. The maximum atomic E-state index is 13.1. The third-order valence-corrected chi connectivity index (χ3v) is 3.65. The van der Waals surface area contributed by atoms with E-state index in [2.05, 4.69) is 10.3 Å². The van der Waals surface area contributed by atoms with Crippen LogP contribution in [0.5, 0.6) is 0 Å². The molecule has 0 radical (unpaired) electrons. The fourth-order valence-corrected chi connectivity index (χ4v) is 2.53. The lowest BCUT2D eigenvalue weighted by molar-refractivity contribution is -0.120. The fraction of sp³-hybridized carbons (Fsp3) is 0.176. The van der Waals surface area contributed by atoms with Crippen LogP contribution in [0.25, 0.3) is 5.65 Å². The van der Waals surface area contributed by atoms with Crippen molar-refractivity contribution in [2.45, 2.75) is 12.8 Å². The van der Waals surface area contributed by atoms with Gasteiger partial charge in [-0.25, -0.2) is 9.37 Å². The minimum absolute atomic E-state index is 0.137. The fourth-order valence-electron chi connectivity index (χ4n) is 2.36. The van der Waals surface area contributed by atoms with Gasteiger partial charge in [-0.15, -0.1) is 0 Å². The molecule has 0 atom stereocenters. The van der Waals surface area contributed by atoms with E-state index in [0.29, 0.717) is 23.6 Å². The highest BCUT2D eigenvalue weighted by Gasteiger charge is 2.06. The van der Waals surface area contributed by atoms with Gasteiger partial charge in [0.25, 0.3) is 0 Å². The summed E-state index contributed by atoms with van der Waals surface area (Å²) in [5.41, 5.74) is 2.35. The molecule has 118 valence electrons. The molecule has 0 aliphatic heterocycles. The Balaban J connectivity index is 1.52. The minimum Gasteiger partial charge on any atom is -0.355 e. The van der Waals surface area contributed by atoms with E-state index in [1.165, 1.54) is 12.1 Å². The molecule has 6 heteroatoms. The van der Waals surface area contributed by atoms with Crippen LogP contribution in [0.3, 0.4) is 0 Å². The monoisotopic (exact) mass is 331 g/mol. The van der Waals surface area contributed by atoms with Crippen molar-refractivity contribution in [1.29, 1.82) is 0 Å². The summed E-state index contributed by atoms with van der Waals surface area (Å²) in [7, 11) is 0. The lowest BCUT2D eigenvalue weighted by atomic mass is 10.1. The molecule has 2 heterocycles. The van der Waals surface area contributed by atoms with Gasteiger partial charge in [0.1, 0.15) is 11.5 Å². The lowest BCUT2D eigenvalue weighted by Gasteiger charge is -2.04. The van der Waals surface area contributed by atoms with Crippen LogP contribution in [0.4, 0.5) is 4.39 Å². The standard InChI is InChI=1S/C17H15ClFN3O/c18-13-4-5-16-21-15(11-22(16)10-13)6-7-20-17(23)9-12-2-1-3-14(19)8-12/h1-5,8,10-11H,6-7,9H2,(H,20,23). The van der Waals surface area contributed by atoms with Crippen LogP contribution in [0.2, 0.25) is 5.02 Å². The van der Waals surface area contributed by atoms with Gasteiger partial charge in [-0.2, -0.15) is 0 Å². The van der Waals surface area contributed by atoms with Crippen molar-refractivity contribution in [2.75, 3.05) is 6.54 Å². The molecule has 1 aromatic carbocycles. The number of imidazole rings is 1. The zero-order valence-corrected chi connectivity index (χ0v) is 13.1. The highest BCUT2D eigenvalue weighted by atomic mass is 35.5. The summed E-state index contributed by atoms with van der Waals surface area (Å²) in [6.07, 6.45) is 4.46. The summed E-state index contributed by atoms with van der Waals surface area (Å²) in [5, 5.41) is 3.46. The molecule has 1 amide bonds. The van der Waals surface area contributed by atoms with Crippen molar-refractivity contribution in [2.24, 2.45) is 0 Å². The Labute approximate surface area is 137 Å². The number of carbonyl (C=O) groups is 1. The number of carbonyl (C=O) groups excluding carboxylic acids is 1. The first-order valence-corrected chi connectivity index (χ1v) is 7.62. The number of fused-ring (bicyclic) bond motifs is 1. The van der Waals surface area contributed by atoms with Crippen LogP contribution < -0.4 is 5.32 Å². The van der Waals surface area contributed by atoms with Gasteiger partial charge in [-0.1, -0.05) is 23.7 Å². The number of pyridine rings is 1. The van der Waals surface area contributed by atoms with Crippen molar-refractivity contribution in [3.8, 4) is 0 Å². The molecule has 3 aromatic rings. The number of aromatic nitrogens is 2. The molecule has 0 aliphatic carbocycles. The average molecular weight is 332 g/mol. The van der Waals surface area contributed by atoms with E-state index < -0.39 is 0 Å². The van der Waals surface area contributed by atoms with Gasteiger partial charge in [-0.05, 0) is 29.8 Å². The first kappa shape index (κ1) is 15.5. The second-order valence-corrected chi connectivity index (χ2v) is 5.69. The molecular weight excluding hydrogens is 317 g/mol. The van der Waals surface area contributed by atoms with Gasteiger partial charge >= 0.3 is 0 Å². The second-order valence-electron chi connectivity index (χ2n) is 5.25. The molecule has 0 fully saturated rings. The van der Waals surface area contributed by atoms with Gasteiger partial charge in [-0.3, -0.25) is 4.79 Å². The van der Waals surface area contributed by atoms with Crippen LogP contribution in [0.1, 0.15) is 11.3 Å². The van der Waals surface area contributed by atoms with E-state index in [1.807, 2.05) is 16.7 Å². The third-order valence-electron chi connectivity index (χ3n) is 3.42. The quantitative estimate of drug-likeness (QED) is 0.781. The first-order valence-electron chi connectivity index (χ1n) is 7.24. The van der Waals surface area contributed by atoms with Crippen LogP contribution >= 0.6 is 11.6 Å². The number of rotatable bonds is 5. The zero-order chi connectivity index (χ0) is 16.2. The second kappa shape index (κ2) is 6.79. The van der Waals surface area contributed by atoms with Crippen molar-refractivity contribution in [3.63, 3.8) is 0 Å². The SMILES string of the molecule is O=C(Cc1cccc(F)c1)NCCc1cn2cc(Cl)ccc2n1. The lowest BCUT2D eigenvalue weighted by Crippen LogP contribution is -2.27. The number of amides is 1. The summed E-state index contributed by atoms with van der Waals surface area (Å²) in [6, 6.07) is 9.68. The molecule has 0 saturated carbocycles. The molecule has 1 N–H and O–H groups in total. The van der Waals surface area contributed by atoms with E-state index in [9.17, 15) is 9.18 Å². The third kappa shape index (κ3) is 4.07. The number of nitrogens with zero attached hydrogens (tertiary/aromatic N) is 2. The maximum absolute atomic E-state index is 13.1. The first-order chi connectivity index (χ1) is 11.1. The van der Waals surface area contributed by atoms with Gasteiger partial charge in [0, 0.05) is 25.4 Å². The summed E-state index contributed by atoms with van der Waals surface area (Å²) in [5.74, 6) is -0.471. The molecule has 0 spiro atoms. The largest absolute Gasteiger partial charge is 0.355 e. The summed E-state index contributed by atoms with van der Waals surface area (Å²) in [6.45, 7) is 0.478. The van der Waals surface area contributed by atoms with E-state index in [4.69, 9.17) is 11.6 Å². The Morgan fingerprint density at radius 2 is 2.13 bits per heavy atom. The number of nitrogens with one attached hydrogen (secondary N) is 1. The number of halogens is 2. The van der Waals surface area contributed by atoms with Gasteiger partial charge in [0.05, 0.1) is 17.1 Å². The highest BCUT2D eigenvalue weighted by molar-refractivity contribution is 6.30. The summed E-state index contributed by atoms with van der Waals surface area (Å²) >= 11 is 5.93. The topological polar surface area (TPSA) is 46.4 Å². The van der Waals surface area contributed by atoms with Crippen LogP contribution in [-0.2, 0) is 17.6 Å². The average Bonchev–Trinajstić information content (AvgIpc) is 2.89. The normalized spacial score (nSPS) is 10.9. The van der Waals surface area contributed by atoms with Crippen LogP contribution in [0, 0.1) is 5.82 Å². The van der Waals surface area contributed by atoms with Crippen molar-refractivity contribution >= 4 is 23.2 Å². The van der Waals surface area contributed by atoms with Crippen LogP contribution in [-0.4, -0.2) is 21.8 Å². The molecular formula is C17H15ClFN3O. The van der Waals surface area contributed by atoms with Gasteiger partial charge in [0.2, 0.25) is 5.91 Å². The van der Waals surface area contributed by atoms with Crippen molar-refractivity contribution < 1.29 is 9.18 Å². The Kier molecular flexibility index (Phi) is 4.57. The van der Waals surface area contributed by atoms with Gasteiger partial charge < -0.3 is 9.72 Å². The Hall–Kier alpha value is -2.40. The van der Waals surface area contributed by atoms with E-state index in [0.717, 1.165) is 11.3 Å². The smallest absolute Gasteiger partial charge is 0.224 e. The molecule has 0 unspecified atom stereocenters. The van der Waals surface area contributed by atoms with E-state index in [-0.39, 0.29) is 18.1 Å². The Bertz CT molecular complexity index is 847. The minimum atomic E-state index is -0.335. The predicted octanol–water partition coefficient (Wildman–Crippen LogP) is 3.03. The number of hydrogen-bond donors (Lipinski definition) is 1. The maximum Gasteiger partial charge on any atom is 0.224 e. The van der Waals surface area contributed by atoms with Gasteiger partial charge in [0.15, 0.2) is 0 Å². The highest BCUT2D eigenvalue weighted by Crippen LogP contribution is 2.12. The zero-order valence-electron chi connectivity index (χ0n) is 12.3. The van der Waals surface area contributed by atoms with E-state index in [1.54, 1.807) is 24.4 Å². The molecule has 0 saturated heterocycles. The Morgan fingerprint density at radius 3 is 2.96 bits per heavy atom. The predicted molar refractivity (Wildman–Crippen MR) is 87.0 cm³/mol. The number of hydrogen-bond acceptors (Lipinski definition) is 2.